The van der Waals surface area contributed by atoms with E-state index in [2.05, 4.69) is 10.6 Å². The van der Waals surface area contributed by atoms with Crippen LogP contribution in [-0.4, -0.2) is 19.5 Å². The second-order valence-corrected chi connectivity index (χ2v) is 4.37. The Bertz CT molecular complexity index is 438. The van der Waals surface area contributed by atoms with Crippen LogP contribution < -0.4 is 10.6 Å². The highest BCUT2D eigenvalue weighted by atomic mass is 35.5. The number of hydrogen-bond acceptors (Lipinski definition) is 2. The van der Waals surface area contributed by atoms with Crippen LogP contribution in [0.15, 0.2) is 24.3 Å². The fourth-order valence-corrected chi connectivity index (χ4v) is 1.62. The molecule has 0 aliphatic carbocycles. The van der Waals surface area contributed by atoms with Crippen LogP contribution in [0.25, 0.3) is 0 Å². The predicted octanol–water partition coefficient (Wildman–Crippen LogP) is 2.60. The lowest BCUT2D eigenvalue weighted by molar-refractivity contribution is -0.137. The second kappa shape index (κ2) is 8.11. The van der Waals surface area contributed by atoms with Crippen molar-refractivity contribution in [3.05, 3.63) is 35.4 Å². The molecule has 1 atom stereocenters. The van der Waals surface area contributed by atoms with Crippen molar-refractivity contribution < 1.29 is 18.0 Å². The minimum Gasteiger partial charge on any atom is -0.352 e. The molecule has 1 unspecified atom stereocenters. The first kappa shape index (κ1) is 18.7. The van der Waals surface area contributed by atoms with Gasteiger partial charge in [0.05, 0.1) is 5.56 Å². The number of hydrogen-bond donors (Lipinski definition) is 2. The molecule has 20 heavy (non-hydrogen) atoms. The Labute approximate surface area is 122 Å². The van der Waals surface area contributed by atoms with E-state index < -0.39 is 11.7 Å². The van der Waals surface area contributed by atoms with Crippen LogP contribution in [0.5, 0.6) is 0 Å². The maximum atomic E-state index is 12.5. The number of rotatable bonds is 5. The standard InChI is InChI=1S/C13H17F3N2O.ClH/c1-9(7-17-2)12(19)18-8-10-4-3-5-11(6-10)13(14,15)16;/h3-6,9,17H,7-8H2,1-2H3,(H,18,19);1H. The first-order valence-corrected chi connectivity index (χ1v) is 5.93. The molecule has 1 aromatic carbocycles. The SMILES string of the molecule is CNCC(C)C(=O)NCc1cccc(C(F)(F)F)c1.Cl. The lowest BCUT2D eigenvalue weighted by atomic mass is 10.1. The first-order chi connectivity index (χ1) is 8.84. The summed E-state index contributed by atoms with van der Waals surface area (Å²) in [6.07, 6.45) is -4.36. The number of halogens is 4. The molecule has 114 valence electrons. The summed E-state index contributed by atoms with van der Waals surface area (Å²) in [6.45, 7) is 2.36. The maximum absolute atomic E-state index is 12.5. The van der Waals surface area contributed by atoms with Crippen LogP contribution in [0.2, 0.25) is 0 Å². The zero-order valence-electron chi connectivity index (χ0n) is 11.3. The van der Waals surface area contributed by atoms with Gasteiger partial charge in [0.2, 0.25) is 5.91 Å². The molecule has 0 bridgehead atoms. The van der Waals surface area contributed by atoms with Gasteiger partial charge in [0.1, 0.15) is 0 Å². The smallest absolute Gasteiger partial charge is 0.352 e. The molecule has 0 saturated heterocycles. The molecule has 3 nitrogen and oxygen atoms in total. The van der Waals surface area contributed by atoms with E-state index in [-0.39, 0.29) is 30.8 Å². The third kappa shape index (κ3) is 5.79. The van der Waals surface area contributed by atoms with E-state index in [0.29, 0.717) is 12.1 Å². The summed E-state index contributed by atoms with van der Waals surface area (Å²) in [6, 6.07) is 4.94. The highest BCUT2D eigenvalue weighted by Crippen LogP contribution is 2.29. The summed E-state index contributed by atoms with van der Waals surface area (Å²) in [5.74, 6) is -0.414. The van der Waals surface area contributed by atoms with Crippen LogP contribution in [0, 0.1) is 5.92 Å². The van der Waals surface area contributed by atoms with Gasteiger partial charge in [0, 0.05) is 19.0 Å². The van der Waals surface area contributed by atoms with Gasteiger partial charge in [-0.1, -0.05) is 19.1 Å². The number of alkyl halides is 3. The molecule has 0 saturated carbocycles. The molecule has 1 rings (SSSR count). The van der Waals surface area contributed by atoms with E-state index in [4.69, 9.17) is 0 Å². The predicted molar refractivity (Wildman–Crippen MR) is 73.6 cm³/mol. The van der Waals surface area contributed by atoms with E-state index in [1.54, 1.807) is 20.0 Å². The van der Waals surface area contributed by atoms with Crippen LogP contribution >= 0.6 is 12.4 Å². The molecule has 0 aliphatic heterocycles. The Morgan fingerprint density at radius 2 is 2.00 bits per heavy atom. The lowest BCUT2D eigenvalue weighted by Gasteiger charge is -2.12. The van der Waals surface area contributed by atoms with Crippen molar-refractivity contribution in [2.75, 3.05) is 13.6 Å². The van der Waals surface area contributed by atoms with Crippen molar-refractivity contribution in [2.45, 2.75) is 19.6 Å². The molecule has 0 fully saturated rings. The number of carbonyl (C=O) groups excluding carboxylic acids is 1. The minimum absolute atomic E-state index is 0. The van der Waals surface area contributed by atoms with Gasteiger partial charge in [-0.2, -0.15) is 13.2 Å². The van der Waals surface area contributed by atoms with Crippen molar-refractivity contribution in [3.63, 3.8) is 0 Å². The number of carbonyl (C=O) groups is 1. The summed E-state index contributed by atoms with van der Waals surface area (Å²) in [4.78, 5) is 11.6. The average molecular weight is 311 g/mol. The molecular formula is C13H18ClF3N2O. The van der Waals surface area contributed by atoms with Crippen molar-refractivity contribution in [1.29, 1.82) is 0 Å². The number of amides is 1. The monoisotopic (exact) mass is 310 g/mol. The van der Waals surface area contributed by atoms with Crippen LogP contribution in [-0.2, 0) is 17.5 Å². The van der Waals surface area contributed by atoms with Gasteiger partial charge < -0.3 is 10.6 Å². The number of nitrogens with one attached hydrogen (secondary N) is 2. The normalized spacial score (nSPS) is 12.4. The fraction of sp³-hybridized carbons (Fsp3) is 0.462. The van der Waals surface area contributed by atoms with Crippen molar-refractivity contribution >= 4 is 18.3 Å². The Morgan fingerprint density at radius 1 is 1.35 bits per heavy atom. The third-order valence-corrected chi connectivity index (χ3v) is 2.68. The second-order valence-electron chi connectivity index (χ2n) is 4.37. The Morgan fingerprint density at radius 3 is 2.55 bits per heavy atom. The highest BCUT2D eigenvalue weighted by molar-refractivity contribution is 5.85. The van der Waals surface area contributed by atoms with Crippen molar-refractivity contribution in [3.8, 4) is 0 Å². The Kier molecular flexibility index (Phi) is 7.60. The maximum Gasteiger partial charge on any atom is 0.416 e. The van der Waals surface area contributed by atoms with Gasteiger partial charge in [-0.25, -0.2) is 0 Å². The largest absolute Gasteiger partial charge is 0.416 e. The molecule has 7 heteroatoms. The van der Waals surface area contributed by atoms with Gasteiger partial charge in [0.25, 0.3) is 0 Å². The van der Waals surface area contributed by atoms with Crippen molar-refractivity contribution in [2.24, 2.45) is 5.92 Å². The quantitative estimate of drug-likeness (QED) is 0.878. The summed E-state index contributed by atoms with van der Waals surface area (Å²) in [5, 5.41) is 5.48. The molecule has 0 aromatic heterocycles. The Balaban J connectivity index is 0.00000361. The molecule has 0 spiro atoms. The summed E-state index contributed by atoms with van der Waals surface area (Å²) >= 11 is 0. The third-order valence-electron chi connectivity index (χ3n) is 2.68. The van der Waals surface area contributed by atoms with E-state index in [1.807, 2.05) is 0 Å². The van der Waals surface area contributed by atoms with Gasteiger partial charge in [-0.05, 0) is 24.7 Å². The van der Waals surface area contributed by atoms with E-state index >= 15 is 0 Å². The van der Waals surface area contributed by atoms with Gasteiger partial charge in [-0.15, -0.1) is 12.4 Å². The summed E-state index contributed by atoms with van der Waals surface area (Å²) in [5.41, 5.74) is -0.276. The molecule has 0 radical (unpaired) electrons. The molecule has 0 aliphatic rings. The molecule has 1 aromatic rings. The lowest BCUT2D eigenvalue weighted by Crippen LogP contribution is -2.33. The zero-order chi connectivity index (χ0) is 14.5. The summed E-state index contributed by atoms with van der Waals surface area (Å²) < 4.78 is 37.5. The fourth-order valence-electron chi connectivity index (χ4n) is 1.62. The molecule has 1 amide bonds. The van der Waals surface area contributed by atoms with Crippen LogP contribution in [0.4, 0.5) is 13.2 Å². The average Bonchev–Trinajstić information content (AvgIpc) is 2.35. The van der Waals surface area contributed by atoms with E-state index in [9.17, 15) is 18.0 Å². The highest BCUT2D eigenvalue weighted by Gasteiger charge is 2.30. The molecule has 2 N–H and O–H groups in total. The molecule has 0 heterocycles. The van der Waals surface area contributed by atoms with Gasteiger partial charge in [0.15, 0.2) is 0 Å². The summed E-state index contributed by atoms with van der Waals surface area (Å²) in [7, 11) is 1.73. The van der Waals surface area contributed by atoms with E-state index in [0.717, 1.165) is 12.1 Å². The Hall–Kier alpha value is -1.27. The van der Waals surface area contributed by atoms with Crippen LogP contribution in [0.1, 0.15) is 18.1 Å². The first-order valence-electron chi connectivity index (χ1n) is 5.93. The topological polar surface area (TPSA) is 41.1 Å². The molecular weight excluding hydrogens is 293 g/mol. The van der Waals surface area contributed by atoms with E-state index in [1.165, 1.54) is 6.07 Å². The van der Waals surface area contributed by atoms with Crippen LogP contribution in [0.3, 0.4) is 0 Å². The zero-order valence-corrected chi connectivity index (χ0v) is 12.1. The van der Waals surface area contributed by atoms with Crippen molar-refractivity contribution in [1.82, 2.24) is 10.6 Å². The van der Waals surface area contributed by atoms with Gasteiger partial charge in [-0.3, -0.25) is 4.79 Å². The number of benzene rings is 1. The minimum atomic E-state index is -4.36. The van der Waals surface area contributed by atoms with Gasteiger partial charge >= 0.3 is 6.18 Å².